The minimum Gasteiger partial charge on any atom is -0.352 e. The van der Waals surface area contributed by atoms with Crippen LogP contribution in [-0.4, -0.2) is 31.1 Å². The zero-order chi connectivity index (χ0) is 18.1. The van der Waals surface area contributed by atoms with Gasteiger partial charge in [-0.1, -0.05) is 17.7 Å². The van der Waals surface area contributed by atoms with Gasteiger partial charge in [-0.2, -0.15) is 0 Å². The Morgan fingerprint density at radius 2 is 2.04 bits per heavy atom. The Hall–Kier alpha value is -2.44. The smallest absolute Gasteiger partial charge is 0.170 e. The summed E-state index contributed by atoms with van der Waals surface area (Å²) in [5, 5.41) is 4.80. The molecule has 4 rings (SSSR count). The lowest BCUT2D eigenvalue weighted by atomic mass is 10.0. The van der Waals surface area contributed by atoms with Crippen molar-refractivity contribution >= 4 is 28.9 Å². The van der Waals surface area contributed by atoms with Crippen LogP contribution in [0.2, 0.25) is 5.02 Å². The van der Waals surface area contributed by atoms with Gasteiger partial charge in [0.2, 0.25) is 0 Å². The zero-order valence-corrected chi connectivity index (χ0v) is 15.8. The molecule has 4 heterocycles. The highest BCUT2D eigenvalue weighted by Gasteiger charge is 2.40. The number of rotatable bonds is 4. The summed E-state index contributed by atoms with van der Waals surface area (Å²) in [6, 6.07) is 13.8. The molecule has 2 atom stereocenters. The zero-order valence-electron chi connectivity index (χ0n) is 14.2. The van der Waals surface area contributed by atoms with Crippen LogP contribution < -0.4 is 5.32 Å². The van der Waals surface area contributed by atoms with E-state index in [-0.39, 0.29) is 12.1 Å². The van der Waals surface area contributed by atoms with Crippen LogP contribution in [0, 0.1) is 0 Å². The first-order valence-electron chi connectivity index (χ1n) is 8.46. The Morgan fingerprint density at radius 3 is 2.73 bits per heavy atom. The van der Waals surface area contributed by atoms with E-state index < -0.39 is 0 Å². The van der Waals surface area contributed by atoms with E-state index >= 15 is 0 Å². The van der Waals surface area contributed by atoms with Crippen molar-refractivity contribution in [3.63, 3.8) is 0 Å². The third kappa shape index (κ3) is 2.95. The second-order valence-corrected chi connectivity index (χ2v) is 6.87. The fraction of sp³-hybridized carbons (Fsp3) is 0.211. The molecular weight excluding hydrogens is 366 g/mol. The molecule has 3 aromatic heterocycles. The molecule has 1 N–H and O–H groups in total. The molecule has 1 aliphatic heterocycles. The fourth-order valence-corrected chi connectivity index (χ4v) is 3.90. The van der Waals surface area contributed by atoms with Crippen LogP contribution in [0.15, 0.2) is 61.1 Å². The van der Waals surface area contributed by atoms with Crippen LogP contribution in [0.1, 0.15) is 30.4 Å². The molecule has 7 heteroatoms. The summed E-state index contributed by atoms with van der Waals surface area (Å²) in [4.78, 5) is 11.2. The van der Waals surface area contributed by atoms with E-state index in [2.05, 4.69) is 37.7 Å². The maximum absolute atomic E-state index is 5.99. The van der Waals surface area contributed by atoms with Gasteiger partial charge in [-0.3, -0.25) is 4.98 Å². The normalized spacial score (nSPS) is 19.6. The van der Waals surface area contributed by atoms with Crippen LogP contribution in [0.5, 0.6) is 0 Å². The van der Waals surface area contributed by atoms with Gasteiger partial charge in [0.15, 0.2) is 5.11 Å². The molecule has 1 fully saturated rings. The van der Waals surface area contributed by atoms with Gasteiger partial charge in [-0.25, -0.2) is 4.98 Å². The van der Waals surface area contributed by atoms with Crippen molar-refractivity contribution < 1.29 is 0 Å². The average molecular weight is 384 g/mol. The molecule has 3 aromatic rings. The molecule has 0 bridgehead atoms. The lowest BCUT2D eigenvalue weighted by molar-refractivity contribution is 0.321. The summed E-state index contributed by atoms with van der Waals surface area (Å²) in [6.07, 6.45) is 5.48. The van der Waals surface area contributed by atoms with Crippen molar-refractivity contribution in [3.05, 3.63) is 77.5 Å². The van der Waals surface area contributed by atoms with Crippen LogP contribution in [0.4, 0.5) is 0 Å². The number of thiocarbonyl (C=S) groups is 1. The molecule has 5 nitrogen and oxygen atoms in total. The number of hydrogen-bond acceptors (Lipinski definition) is 3. The first kappa shape index (κ1) is 17.0. The Balaban J connectivity index is 1.80. The van der Waals surface area contributed by atoms with E-state index in [0.29, 0.717) is 5.02 Å². The molecule has 26 heavy (non-hydrogen) atoms. The Morgan fingerprint density at radius 1 is 1.15 bits per heavy atom. The van der Waals surface area contributed by atoms with Crippen molar-refractivity contribution in [1.82, 2.24) is 24.8 Å². The van der Waals surface area contributed by atoms with Gasteiger partial charge >= 0.3 is 0 Å². The quantitative estimate of drug-likeness (QED) is 0.692. The molecular formula is C19H18ClN5S. The molecule has 0 saturated carbocycles. The Bertz CT molecular complexity index is 909. The van der Waals surface area contributed by atoms with Crippen molar-refractivity contribution in [3.8, 4) is 5.82 Å². The summed E-state index contributed by atoms with van der Waals surface area (Å²) in [5.74, 6) is 0.822. The van der Waals surface area contributed by atoms with Crippen molar-refractivity contribution in [1.29, 1.82) is 0 Å². The fourth-order valence-electron chi connectivity index (χ4n) is 3.42. The summed E-state index contributed by atoms with van der Waals surface area (Å²) < 4.78 is 2.08. The molecule has 0 aliphatic carbocycles. The van der Waals surface area contributed by atoms with Crippen molar-refractivity contribution in [2.45, 2.75) is 19.0 Å². The molecule has 132 valence electrons. The molecule has 1 saturated heterocycles. The van der Waals surface area contributed by atoms with Gasteiger partial charge in [0.05, 0.1) is 22.8 Å². The average Bonchev–Trinajstić information content (AvgIpc) is 3.27. The summed E-state index contributed by atoms with van der Waals surface area (Å²) in [6.45, 7) is 2.91. The molecule has 2 unspecified atom stereocenters. The third-order valence-electron chi connectivity index (χ3n) is 4.58. The largest absolute Gasteiger partial charge is 0.352 e. The predicted octanol–water partition coefficient (Wildman–Crippen LogP) is 3.91. The number of likely N-dealkylation sites (N-methyl/N-ethyl adjacent to an activating group) is 1. The number of hydrogen-bond donors (Lipinski definition) is 1. The van der Waals surface area contributed by atoms with Crippen LogP contribution >= 0.6 is 23.8 Å². The second kappa shape index (κ2) is 7.05. The Labute approximate surface area is 162 Å². The number of nitrogens with zero attached hydrogens (tertiary/aromatic N) is 4. The monoisotopic (exact) mass is 383 g/mol. The van der Waals surface area contributed by atoms with Gasteiger partial charge in [-0.05, 0) is 55.5 Å². The number of nitrogens with one attached hydrogen (secondary N) is 1. The highest BCUT2D eigenvalue weighted by Crippen LogP contribution is 2.39. The van der Waals surface area contributed by atoms with Gasteiger partial charge in [0, 0.05) is 30.8 Å². The van der Waals surface area contributed by atoms with E-state index in [1.165, 1.54) is 0 Å². The molecule has 0 radical (unpaired) electrons. The summed E-state index contributed by atoms with van der Waals surface area (Å²) >= 11 is 11.6. The molecule has 0 aromatic carbocycles. The molecule has 0 spiro atoms. The van der Waals surface area contributed by atoms with E-state index in [4.69, 9.17) is 23.8 Å². The van der Waals surface area contributed by atoms with Gasteiger partial charge in [0.1, 0.15) is 5.82 Å². The first-order chi connectivity index (χ1) is 12.7. The van der Waals surface area contributed by atoms with Gasteiger partial charge in [-0.15, -0.1) is 0 Å². The SMILES string of the molecule is CCN1C(=S)NC(c2ccccn2)C1c1cccn1-c1ccc(Cl)cn1. The topological polar surface area (TPSA) is 46.0 Å². The van der Waals surface area contributed by atoms with Gasteiger partial charge in [0.25, 0.3) is 0 Å². The van der Waals surface area contributed by atoms with Gasteiger partial charge < -0.3 is 14.8 Å². The lowest BCUT2D eigenvalue weighted by Gasteiger charge is -2.27. The molecule has 0 amide bonds. The van der Waals surface area contributed by atoms with Crippen LogP contribution in [0.25, 0.3) is 5.82 Å². The molecule has 1 aliphatic rings. The number of aromatic nitrogens is 3. The van der Waals surface area contributed by atoms with E-state index in [9.17, 15) is 0 Å². The second-order valence-electron chi connectivity index (χ2n) is 6.05. The minimum absolute atomic E-state index is 0.0230. The van der Waals surface area contributed by atoms with Crippen LogP contribution in [0.3, 0.4) is 0 Å². The van der Waals surface area contributed by atoms with E-state index in [1.807, 2.05) is 48.8 Å². The van der Waals surface area contributed by atoms with Crippen LogP contribution in [-0.2, 0) is 0 Å². The highest BCUT2D eigenvalue weighted by molar-refractivity contribution is 7.80. The minimum atomic E-state index is -0.0235. The first-order valence-corrected chi connectivity index (χ1v) is 9.25. The predicted molar refractivity (Wildman–Crippen MR) is 106 cm³/mol. The maximum Gasteiger partial charge on any atom is 0.170 e. The number of pyridine rings is 2. The maximum atomic E-state index is 5.99. The summed E-state index contributed by atoms with van der Waals surface area (Å²) in [5.41, 5.74) is 2.07. The highest BCUT2D eigenvalue weighted by atomic mass is 35.5. The third-order valence-corrected chi connectivity index (χ3v) is 5.16. The lowest BCUT2D eigenvalue weighted by Crippen LogP contribution is -2.30. The number of halogens is 1. The van der Waals surface area contributed by atoms with Crippen molar-refractivity contribution in [2.24, 2.45) is 0 Å². The van der Waals surface area contributed by atoms with E-state index in [0.717, 1.165) is 28.9 Å². The summed E-state index contributed by atoms with van der Waals surface area (Å²) in [7, 11) is 0. The standard InChI is InChI=1S/C19H18ClN5S/c1-2-24-18(17(23-19(24)26)14-6-3-4-10-21-14)15-7-5-11-25(15)16-9-8-13(20)12-22-16/h3-12,17-18H,2H2,1H3,(H,23,26). The van der Waals surface area contributed by atoms with Crippen molar-refractivity contribution in [2.75, 3.05) is 6.54 Å². The Kier molecular flexibility index (Phi) is 4.61. The van der Waals surface area contributed by atoms with E-state index in [1.54, 1.807) is 6.20 Å².